The van der Waals surface area contributed by atoms with Crippen LogP contribution in [0.15, 0.2) is 24.3 Å². The maximum absolute atomic E-state index is 8.82. The summed E-state index contributed by atoms with van der Waals surface area (Å²) in [6.07, 6.45) is 0.535. The zero-order valence-corrected chi connectivity index (χ0v) is 11.5. The highest BCUT2D eigenvalue weighted by molar-refractivity contribution is 6.30. The van der Waals surface area contributed by atoms with Gasteiger partial charge >= 0.3 is 0 Å². The van der Waals surface area contributed by atoms with Crippen LogP contribution in [0, 0.1) is 11.3 Å². The Morgan fingerprint density at radius 3 is 3.00 bits per heavy atom. The largest absolute Gasteiger partial charge is 0.363 e. The molecule has 1 aromatic rings. The predicted octanol–water partition coefficient (Wildman–Crippen LogP) is 2.81. The number of anilines is 1. The molecule has 0 radical (unpaired) electrons. The van der Waals surface area contributed by atoms with Crippen molar-refractivity contribution in [1.29, 1.82) is 5.26 Å². The Bertz CT molecular complexity index is 464. The Hall–Kier alpha value is -1.24. The number of benzene rings is 1. The van der Waals surface area contributed by atoms with Crippen LogP contribution < -0.4 is 10.2 Å². The number of halogens is 1. The minimum Gasteiger partial charge on any atom is -0.363 e. The molecule has 0 bridgehead atoms. The average Bonchev–Trinajstić information content (AvgIpc) is 2.31. The fourth-order valence-corrected chi connectivity index (χ4v) is 2.55. The fraction of sp³-hybridized carbons (Fsp3) is 0.500. The molecular formula is C14H18ClN3. The van der Waals surface area contributed by atoms with Gasteiger partial charge in [0.25, 0.3) is 0 Å². The lowest BCUT2D eigenvalue weighted by atomic mass is 9.95. The van der Waals surface area contributed by atoms with Crippen molar-refractivity contribution in [3.8, 4) is 6.07 Å². The Morgan fingerprint density at radius 2 is 2.33 bits per heavy atom. The van der Waals surface area contributed by atoms with E-state index in [1.807, 2.05) is 18.2 Å². The second kappa shape index (κ2) is 5.17. The molecule has 1 aliphatic rings. The van der Waals surface area contributed by atoms with Crippen molar-refractivity contribution in [2.45, 2.75) is 31.8 Å². The standard InChI is InChI=1S/C14H18ClN3/c1-14(2)10-17-12(6-7-16)9-18(14)13-5-3-4-11(15)8-13/h3-5,8,12,17H,6,9-10H2,1-2H3. The van der Waals surface area contributed by atoms with Crippen LogP contribution in [0.3, 0.4) is 0 Å². The summed E-state index contributed by atoms with van der Waals surface area (Å²) in [5, 5.41) is 13.0. The highest BCUT2D eigenvalue weighted by Gasteiger charge is 2.33. The third-order valence-electron chi connectivity index (χ3n) is 3.41. The Morgan fingerprint density at radius 1 is 1.56 bits per heavy atom. The number of piperazine rings is 1. The van der Waals surface area contributed by atoms with E-state index < -0.39 is 0 Å². The highest BCUT2D eigenvalue weighted by atomic mass is 35.5. The van der Waals surface area contributed by atoms with Crippen LogP contribution in [0.25, 0.3) is 0 Å². The van der Waals surface area contributed by atoms with Gasteiger partial charge in [0.15, 0.2) is 0 Å². The van der Waals surface area contributed by atoms with Gasteiger partial charge in [-0.3, -0.25) is 0 Å². The topological polar surface area (TPSA) is 39.1 Å². The van der Waals surface area contributed by atoms with Crippen molar-refractivity contribution in [2.75, 3.05) is 18.0 Å². The molecule has 1 unspecified atom stereocenters. The van der Waals surface area contributed by atoms with Crippen LogP contribution in [0.5, 0.6) is 0 Å². The third-order valence-corrected chi connectivity index (χ3v) is 3.65. The highest BCUT2D eigenvalue weighted by Crippen LogP contribution is 2.29. The Balaban J connectivity index is 2.24. The Kier molecular flexibility index (Phi) is 3.79. The first-order valence-corrected chi connectivity index (χ1v) is 6.54. The van der Waals surface area contributed by atoms with E-state index in [2.05, 4.69) is 36.2 Å². The van der Waals surface area contributed by atoms with Crippen molar-refractivity contribution in [3.05, 3.63) is 29.3 Å². The predicted molar refractivity (Wildman–Crippen MR) is 74.9 cm³/mol. The quantitative estimate of drug-likeness (QED) is 0.892. The van der Waals surface area contributed by atoms with Crippen LogP contribution in [0.4, 0.5) is 5.69 Å². The molecule has 1 aliphatic heterocycles. The summed E-state index contributed by atoms with van der Waals surface area (Å²) >= 11 is 6.06. The summed E-state index contributed by atoms with van der Waals surface area (Å²) < 4.78 is 0. The molecular weight excluding hydrogens is 246 g/mol. The molecule has 1 fully saturated rings. The van der Waals surface area contributed by atoms with Gasteiger partial charge in [-0.05, 0) is 32.0 Å². The van der Waals surface area contributed by atoms with Crippen LogP contribution >= 0.6 is 11.6 Å². The van der Waals surface area contributed by atoms with E-state index in [-0.39, 0.29) is 11.6 Å². The van der Waals surface area contributed by atoms with Gasteiger partial charge in [0.1, 0.15) is 0 Å². The summed E-state index contributed by atoms with van der Waals surface area (Å²) in [7, 11) is 0. The minimum atomic E-state index is 0.0244. The summed E-state index contributed by atoms with van der Waals surface area (Å²) in [4.78, 5) is 2.33. The van der Waals surface area contributed by atoms with Crippen molar-refractivity contribution in [3.63, 3.8) is 0 Å². The van der Waals surface area contributed by atoms with E-state index in [9.17, 15) is 0 Å². The van der Waals surface area contributed by atoms with Gasteiger partial charge in [-0.1, -0.05) is 17.7 Å². The molecule has 0 amide bonds. The van der Waals surface area contributed by atoms with Crippen LogP contribution in [-0.4, -0.2) is 24.7 Å². The van der Waals surface area contributed by atoms with Crippen LogP contribution in [-0.2, 0) is 0 Å². The van der Waals surface area contributed by atoms with Crippen molar-refractivity contribution in [1.82, 2.24) is 5.32 Å². The molecule has 3 nitrogen and oxygen atoms in total. The van der Waals surface area contributed by atoms with E-state index in [0.717, 1.165) is 23.8 Å². The number of hydrogen-bond acceptors (Lipinski definition) is 3. The smallest absolute Gasteiger partial charge is 0.0638 e. The van der Waals surface area contributed by atoms with Gasteiger partial charge in [0.2, 0.25) is 0 Å². The molecule has 0 aromatic heterocycles. The van der Waals surface area contributed by atoms with Crippen molar-refractivity contribution in [2.24, 2.45) is 0 Å². The summed E-state index contributed by atoms with van der Waals surface area (Å²) in [5.41, 5.74) is 1.15. The van der Waals surface area contributed by atoms with Gasteiger partial charge in [-0.2, -0.15) is 5.26 Å². The zero-order valence-electron chi connectivity index (χ0n) is 10.8. The molecule has 18 heavy (non-hydrogen) atoms. The third kappa shape index (κ3) is 2.77. The molecule has 1 saturated heterocycles. The molecule has 0 aliphatic carbocycles. The van der Waals surface area contributed by atoms with E-state index in [1.165, 1.54) is 0 Å². The normalized spacial score (nSPS) is 22.6. The second-order valence-electron chi connectivity index (χ2n) is 5.34. The second-order valence-corrected chi connectivity index (χ2v) is 5.78. The van der Waals surface area contributed by atoms with Crippen LogP contribution in [0.1, 0.15) is 20.3 Å². The monoisotopic (exact) mass is 263 g/mol. The molecule has 4 heteroatoms. The SMILES string of the molecule is CC1(C)CNC(CC#N)CN1c1cccc(Cl)c1. The maximum Gasteiger partial charge on any atom is 0.0638 e. The van der Waals surface area contributed by atoms with Crippen LogP contribution in [0.2, 0.25) is 5.02 Å². The van der Waals surface area contributed by atoms with Gasteiger partial charge in [-0.15, -0.1) is 0 Å². The lowest BCUT2D eigenvalue weighted by molar-refractivity contribution is 0.325. The Labute approximate surface area is 113 Å². The molecule has 1 atom stereocenters. The minimum absolute atomic E-state index is 0.0244. The van der Waals surface area contributed by atoms with Crippen molar-refractivity contribution < 1.29 is 0 Å². The first-order chi connectivity index (χ1) is 8.53. The van der Waals surface area contributed by atoms with Gasteiger partial charge < -0.3 is 10.2 Å². The summed E-state index contributed by atoms with van der Waals surface area (Å²) in [6.45, 7) is 6.10. The molecule has 1 aromatic carbocycles. The van der Waals surface area contributed by atoms with Crippen molar-refractivity contribution >= 4 is 17.3 Å². The molecule has 2 rings (SSSR count). The van der Waals surface area contributed by atoms with Gasteiger partial charge in [-0.25, -0.2) is 0 Å². The fourth-order valence-electron chi connectivity index (χ4n) is 2.37. The molecule has 1 N–H and O–H groups in total. The maximum atomic E-state index is 8.82. The average molecular weight is 264 g/mol. The molecule has 96 valence electrons. The zero-order chi connectivity index (χ0) is 13.2. The molecule has 1 heterocycles. The summed E-state index contributed by atoms with van der Waals surface area (Å²) in [6, 6.07) is 10.4. The number of hydrogen-bond donors (Lipinski definition) is 1. The number of nitriles is 1. The number of nitrogens with zero attached hydrogens (tertiary/aromatic N) is 2. The van der Waals surface area contributed by atoms with Gasteiger partial charge in [0, 0.05) is 35.4 Å². The van der Waals surface area contributed by atoms with Gasteiger partial charge in [0.05, 0.1) is 12.5 Å². The lowest BCUT2D eigenvalue weighted by Crippen LogP contribution is -2.62. The number of rotatable bonds is 2. The van der Waals surface area contributed by atoms with E-state index >= 15 is 0 Å². The first-order valence-electron chi connectivity index (χ1n) is 6.16. The lowest BCUT2D eigenvalue weighted by Gasteiger charge is -2.47. The first kappa shape index (κ1) is 13.2. The van der Waals surface area contributed by atoms with E-state index in [1.54, 1.807) is 0 Å². The van der Waals surface area contributed by atoms with E-state index in [4.69, 9.17) is 16.9 Å². The molecule has 0 spiro atoms. The van der Waals surface area contributed by atoms with E-state index in [0.29, 0.717) is 6.42 Å². The number of nitrogens with one attached hydrogen (secondary N) is 1. The summed E-state index contributed by atoms with van der Waals surface area (Å²) in [5.74, 6) is 0. The molecule has 0 saturated carbocycles.